The van der Waals surface area contributed by atoms with Gasteiger partial charge in [0.15, 0.2) is 11.5 Å². The van der Waals surface area contributed by atoms with E-state index in [0.29, 0.717) is 55.1 Å². The number of hydrogen-bond donors (Lipinski definition) is 1. The summed E-state index contributed by atoms with van der Waals surface area (Å²) in [5, 5.41) is 15.5. The summed E-state index contributed by atoms with van der Waals surface area (Å²) in [6.45, 7) is 6.92. The van der Waals surface area contributed by atoms with Gasteiger partial charge in [0.1, 0.15) is 28.2 Å². The van der Waals surface area contributed by atoms with E-state index in [1.54, 1.807) is 24.8 Å². The molecule has 3 aromatic heterocycles. The van der Waals surface area contributed by atoms with Gasteiger partial charge in [-0.2, -0.15) is 20.3 Å². The molecule has 1 aliphatic carbocycles. The highest BCUT2D eigenvalue weighted by Crippen LogP contribution is 2.50. The number of anilines is 2. The number of nitrogens with zero attached hydrogens (tertiary/aromatic N) is 8. The van der Waals surface area contributed by atoms with Gasteiger partial charge in [0, 0.05) is 61.0 Å². The Bertz CT molecular complexity index is 2570. The lowest BCUT2D eigenvalue weighted by Gasteiger charge is -2.51. The van der Waals surface area contributed by atoms with Gasteiger partial charge < -0.3 is 25.0 Å². The van der Waals surface area contributed by atoms with Gasteiger partial charge in [0.2, 0.25) is 0 Å². The Labute approximate surface area is 361 Å². The van der Waals surface area contributed by atoms with Gasteiger partial charge in [0.05, 0.1) is 51.4 Å². The summed E-state index contributed by atoms with van der Waals surface area (Å²) >= 11 is 14.8. The first-order chi connectivity index (χ1) is 28.8. The van der Waals surface area contributed by atoms with E-state index in [0.717, 1.165) is 62.8 Å². The van der Waals surface area contributed by atoms with Crippen molar-refractivity contribution >= 4 is 72.3 Å². The summed E-state index contributed by atoms with van der Waals surface area (Å²) in [5.41, 5.74) is 7.00. The first-order valence-corrected chi connectivity index (χ1v) is 22.2. The van der Waals surface area contributed by atoms with Gasteiger partial charge in [-0.15, -0.1) is 11.3 Å². The van der Waals surface area contributed by atoms with E-state index in [-0.39, 0.29) is 89.1 Å². The van der Waals surface area contributed by atoms with E-state index < -0.39 is 11.6 Å². The summed E-state index contributed by atoms with van der Waals surface area (Å²) < 4.78 is 47.4. The topological polar surface area (TPSA) is 139 Å². The van der Waals surface area contributed by atoms with Crippen LogP contribution in [-0.2, 0) is 17.8 Å². The second kappa shape index (κ2) is 15.9. The molecular formula is C43H47Cl2F2N9O3S. The number of carbonyl (C=O) groups is 1. The predicted octanol–water partition coefficient (Wildman–Crippen LogP) is 8.83. The third kappa shape index (κ3) is 6.92. The second-order valence-electron chi connectivity index (χ2n) is 17.1. The van der Waals surface area contributed by atoms with Crippen molar-refractivity contribution in [3.05, 3.63) is 56.8 Å². The molecule has 1 amide bonds. The lowest BCUT2D eigenvalue weighted by molar-refractivity contribution is -0.0967. The number of carbonyl (C=O) groups excluding carboxylic acids is 1. The molecule has 0 bridgehead atoms. The number of fused-ring (bicyclic) bond motifs is 4. The molecule has 3 aliphatic heterocycles. The molecule has 12 nitrogen and oxygen atoms in total. The second-order valence-corrected chi connectivity index (χ2v) is 19.0. The number of aryl methyl sites for hydroxylation is 1. The largest absolute Gasteiger partial charge is 0.463 e. The molecule has 2 N–H and O–H groups in total. The highest BCUT2D eigenvalue weighted by atomic mass is 35.5. The molecule has 2 saturated heterocycles. The monoisotopic (exact) mass is 877 g/mol. The van der Waals surface area contributed by atoms with E-state index in [9.17, 15) is 10.1 Å². The van der Waals surface area contributed by atoms with Crippen LogP contribution in [0.3, 0.4) is 0 Å². The van der Waals surface area contributed by atoms with E-state index in [2.05, 4.69) is 29.9 Å². The molecule has 9 rings (SSSR count). The molecule has 4 unspecified atom stereocenters. The Kier molecular flexibility index (Phi) is 10.8. The van der Waals surface area contributed by atoms with Crippen molar-refractivity contribution in [2.24, 2.45) is 5.41 Å². The highest BCUT2D eigenvalue weighted by molar-refractivity contribution is 7.23. The Morgan fingerprint density at radius 2 is 1.88 bits per heavy atom. The molecule has 3 fully saturated rings. The number of amides is 1. The molecule has 6 heterocycles. The Morgan fingerprint density at radius 3 is 2.63 bits per heavy atom. The first-order valence-electron chi connectivity index (χ1n) is 20.6. The van der Waals surface area contributed by atoms with E-state index in [4.69, 9.17) is 48.4 Å². The molecular weight excluding hydrogens is 832 g/mol. The Hall–Kier alpha value is -4.33. The number of nitrogen functional groups attached to an aromatic ring is 1. The van der Waals surface area contributed by atoms with Gasteiger partial charge >= 0.3 is 6.01 Å². The van der Waals surface area contributed by atoms with Crippen molar-refractivity contribution in [1.29, 1.82) is 5.26 Å². The lowest BCUT2D eigenvalue weighted by atomic mass is 9.74. The van der Waals surface area contributed by atoms with Crippen LogP contribution in [0.15, 0.2) is 18.2 Å². The molecule has 60 heavy (non-hydrogen) atoms. The third-order valence-corrected chi connectivity index (χ3v) is 14.8. The van der Waals surface area contributed by atoms with Crippen molar-refractivity contribution in [3.63, 3.8) is 0 Å². The number of nitriles is 1. The van der Waals surface area contributed by atoms with Crippen LogP contribution in [0, 0.1) is 28.4 Å². The van der Waals surface area contributed by atoms with E-state index in [1.807, 2.05) is 4.90 Å². The molecule has 316 valence electrons. The predicted molar refractivity (Wildman–Crippen MR) is 230 cm³/mol. The van der Waals surface area contributed by atoms with Crippen LogP contribution in [0.5, 0.6) is 6.01 Å². The van der Waals surface area contributed by atoms with E-state index >= 15 is 8.78 Å². The molecule has 17 heteroatoms. The van der Waals surface area contributed by atoms with Crippen molar-refractivity contribution < 1.29 is 23.0 Å². The first kappa shape index (κ1) is 41.0. The van der Waals surface area contributed by atoms with E-state index in [1.165, 1.54) is 17.0 Å². The number of nitrogens with two attached hydrogens (primary N) is 1. The van der Waals surface area contributed by atoms with Crippen LogP contribution in [0.4, 0.5) is 19.6 Å². The summed E-state index contributed by atoms with van der Waals surface area (Å²) in [6, 6.07) is 7.10. The van der Waals surface area contributed by atoms with Crippen LogP contribution < -0.4 is 15.4 Å². The normalized spacial score (nSPS) is 24.6. The number of halogens is 4. The summed E-state index contributed by atoms with van der Waals surface area (Å²) in [4.78, 5) is 28.9. The number of thiophene rings is 1. The van der Waals surface area contributed by atoms with Crippen LogP contribution in [0.1, 0.15) is 87.0 Å². The molecule has 0 radical (unpaired) electrons. The average Bonchev–Trinajstić information content (AvgIpc) is 3.84. The SMILES string of the molecule is CC1CC(N2CCCC3(COc4nc(N5CCCn6nc(C(=O)N(C)C)c(Cl)c6C5)c5cc(Cl)c(-c6ccc(F)c7sc(N)c(C#N)c67)c(F)c5n4)CCCC23)CC(C)O1. The fourth-order valence-electron chi connectivity index (χ4n) is 10.5. The van der Waals surface area contributed by atoms with Crippen LogP contribution in [-0.4, -0.2) is 93.5 Å². The number of benzene rings is 2. The number of piperidine rings is 1. The van der Waals surface area contributed by atoms with Crippen molar-refractivity contribution in [1.82, 2.24) is 29.5 Å². The number of ether oxygens (including phenoxy) is 2. The summed E-state index contributed by atoms with van der Waals surface area (Å²) in [5.74, 6) is -1.28. The van der Waals surface area contributed by atoms with Crippen LogP contribution >= 0.6 is 34.5 Å². The lowest BCUT2D eigenvalue weighted by Crippen LogP contribution is -2.57. The molecule has 5 aromatic rings. The minimum Gasteiger partial charge on any atom is -0.463 e. The van der Waals surface area contributed by atoms with Crippen molar-refractivity contribution in [2.75, 3.05) is 44.4 Å². The fourth-order valence-corrected chi connectivity index (χ4v) is 12.0. The molecule has 4 aliphatic rings. The highest BCUT2D eigenvalue weighted by Gasteiger charge is 2.51. The number of hydrogen-bond acceptors (Lipinski definition) is 11. The minimum atomic E-state index is -0.771. The van der Waals surface area contributed by atoms with Gasteiger partial charge in [-0.05, 0) is 83.0 Å². The zero-order chi connectivity index (χ0) is 42.2. The van der Waals surface area contributed by atoms with Gasteiger partial charge in [0.25, 0.3) is 5.91 Å². The standard InChI is InChI=1S/C43H47Cl2F2N9O3S/c1-22-16-24(17-23(2)59-22)55-14-6-12-43(11-5-8-31(43)55)21-58-42-50-36-26(40(51-42)54-13-7-15-56-30(20-54)34(45)37(52-56)41(57)53(3)4)18-28(44)33(35(36)47)25-9-10-29(46)38-32(25)27(19-48)39(49)60-38/h9-10,18,22-24,31H,5-8,11-17,20-21,49H2,1-4H3. The summed E-state index contributed by atoms with van der Waals surface area (Å²) in [7, 11) is 3.29. The zero-order valence-electron chi connectivity index (χ0n) is 34.0. The fraction of sp³-hybridized carbons (Fsp3) is 0.512. The Morgan fingerprint density at radius 1 is 1.12 bits per heavy atom. The summed E-state index contributed by atoms with van der Waals surface area (Å²) in [6.07, 6.45) is 8.23. The molecule has 4 atom stereocenters. The minimum absolute atomic E-state index is 0.0172. The zero-order valence-corrected chi connectivity index (χ0v) is 36.4. The van der Waals surface area contributed by atoms with Gasteiger partial charge in [-0.3, -0.25) is 14.4 Å². The number of aromatic nitrogens is 4. The van der Waals surface area contributed by atoms with Crippen LogP contribution in [0.2, 0.25) is 10.0 Å². The van der Waals surface area contributed by atoms with Crippen molar-refractivity contribution in [3.8, 4) is 23.2 Å². The molecule has 0 spiro atoms. The smallest absolute Gasteiger partial charge is 0.319 e. The number of rotatable bonds is 7. The van der Waals surface area contributed by atoms with Gasteiger partial charge in [-0.1, -0.05) is 35.7 Å². The maximum absolute atomic E-state index is 17.5. The third-order valence-electron chi connectivity index (χ3n) is 13.1. The molecule has 2 aromatic carbocycles. The average molecular weight is 879 g/mol. The molecule has 1 saturated carbocycles. The quantitative estimate of drug-likeness (QED) is 0.169. The van der Waals surface area contributed by atoms with Crippen molar-refractivity contribution in [2.45, 2.75) is 103 Å². The van der Waals surface area contributed by atoms with Crippen LogP contribution in [0.25, 0.3) is 32.1 Å². The van der Waals surface area contributed by atoms with Gasteiger partial charge in [-0.25, -0.2) is 8.78 Å². The number of likely N-dealkylation sites (tertiary alicyclic amines) is 1. The Balaban J connectivity index is 1.15. The maximum Gasteiger partial charge on any atom is 0.319 e. The maximum atomic E-state index is 17.5.